The fourth-order valence-corrected chi connectivity index (χ4v) is 2.62. The number of methoxy groups -OCH3 is 1. The van der Waals surface area contributed by atoms with Crippen LogP contribution in [0.4, 0.5) is 4.39 Å². The molecule has 1 heterocycles. The highest BCUT2D eigenvalue weighted by Crippen LogP contribution is 2.33. The van der Waals surface area contributed by atoms with Crippen molar-refractivity contribution in [2.45, 2.75) is 13.0 Å². The minimum Gasteiger partial charge on any atom is -0.496 e. The molecule has 17 heavy (non-hydrogen) atoms. The molecule has 2 aromatic rings. The second-order valence-electron chi connectivity index (χ2n) is 3.77. The Bertz CT molecular complexity index is 524. The van der Waals surface area contributed by atoms with E-state index in [2.05, 4.69) is 0 Å². The van der Waals surface area contributed by atoms with E-state index in [1.54, 1.807) is 23.5 Å². The van der Waals surface area contributed by atoms with Crippen molar-refractivity contribution in [1.82, 2.24) is 0 Å². The molecule has 90 valence electrons. The Hall–Kier alpha value is -1.39. The Kier molecular flexibility index (Phi) is 3.45. The molecule has 0 amide bonds. The predicted molar refractivity (Wildman–Crippen MR) is 68.0 cm³/mol. The minimum atomic E-state index is -0.489. The molecular formula is C13H14FNOS. The summed E-state index contributed by atoms with van der Waals surface area (Å²) in [5.74, 6) is 0.158. The van der Waals surface area contributed by atoms with E-state index >= 15 is 0 Å². The molecule has 0 saturated carbocycles. The zero-order valence-electron chi connectivity index (χ0n) is 9.74. The van der Waals surface area contributed by atoms with Gasteiger partial charge in [-0.05, 0) is 36.1 Å². The van der Waals surface area contributed by atoms with Crippen LogP contribution in [0.25, 0.3) is 0 Å². The largest absolute Gasteiger partial charge is 0.496 e. The van der Waals surface area contributed by atoms with Crippen LogP contribution >= 0.6 is 11.3 Å². The van der Waals surface area contributed by atoms with Crippen LogP contribution in [0, 0.1) is 12.7 Å². The first kappa shape index (κ1) is 12.1. The molecule has 1 unspecified atom stereocenters. The van der Waals surface area contributed by atoms with Gasteiger partial charge in [-0.25, -0.2) is 4.39 Å². The van der Waals surface area contributed by atoms with Crippen LogP contribution in [-0.4, -0.2) is 7.11 Å². The van der Waals surface area contributed by atoms with E-state index in [1.807, 2.05) is 18.4 Å². The Labute approximate surface area is 104 Å². The van der Waals surface area contributed by atoms with Crippen molar-refractivity contribution >= 4 is 11.3 Å². The highest BCUT2D eigenvalue weighted by atomic mass is 32.1. The summed E-state index contributed by atoms with van der Waals surface area (Å²) in [4.78, 5) is 1.10. The van der Waals surface area contributed by atoms with E-state index in [0.29, 0.717) is 11.3 Å². The van der Waals surface area contributed by atoms with Crippen LogP contribution in [-0.2, 0) is 0 Å². The second-order valence-corrected chi connectivity index (χ2v) is 4.89. The van der Waals surface area contributed by atoms with Gasteiger partial charge in [0.15, 0.2) is 0 Å². The maximum atomic E-state index is 13.9. The van der Waals surface area contributed by atoms with Crippen molar-refractivity contribution in [3.8, 4) is 5.75 Å². The molecule has 0 aliphatic carbocycles. The lowest BCUT2D eigenvalue weighted by Gasteiger charge is -2.16. The van der Waals surface area contributed by atoms with Crippen LogP contribution in [0.15, 0.2) is 29.6 Å². The summed E-state index contributed by atoms with van der Waals surface area (Å²) >= 11 is 1.60. The zero-order chi connectivity index (χ0) is 12.4. The van der Waals surface area contributed by atoms with E-state index in [9.17, 15) is 4.39 Å². The van der Waals surface area contributed by atoms with E-state index in [0.717, 1.165) is 10.4 Å². The number of halogens is 1. The number of hydrogen-bond donors (Lipinski definition) is 1. The third-order valence-corrected chi connectivity index (χ3v) is 3.64. The Balaban J connectivity index is 2.50. The molecule has 0 bridgehead atoms. The highest BCUT2D eigenvalue weighted by molar-refractivity contribution is 7.10. The zero-order valence-corrected chi connectivity index (χ0v) is 10.6. The molecule has 0 fully saturated rings. The molecular weight excluding hydrogens is 237 g/mol. The van der Waals surface area contributed by atoms with E-state index < -0.39 is 6.04 Å². The number of thiophene rings is 1. The van der Waals surface area contributed by atoms with Gasteiger partial charge in [0.25, 0.3) is 0 Å². The van der Waals surface area contributed by atoms with Crippen molar-refractivity contribution in [3.63, 3.8) is 0 Å². The number of ether oxygens (including phenoxy) is 1. The molecule has 2 N–H and O–H groups in total. The van der Waals surface area contributed by atoms with Gasteiger partial charge in [0, 0.05) is 4.88 Å². The van der Waals surface area contributed by atoms with Crippen molar-refractivity contribution in [2.75, 3.05) is 7.11 Å². The van der Waals surface area contributed by atoms with Gasteiger partial charge in [-0.3, -0.25) is 0 Å². The van der Waals surface area contributed by atoms with Crippen LogP contribution < -0.4 is 10.5 Å². The molecule has 1 atom stereocenters. The Morgan fingerprint density at radius 1 is 1.35 bits per heavy atom. The SMILES string of the molecule is COc1cccc(F)c1C(N)c1ccsc1C. The van der Waals surface area contributed by atoms with E-state index in [1.165, 1.54) is 13.2 Å². The van der Waals surface area contributed by atoms with E-state index in [-0.39, 0.29) is 5.82 Å². The molecule has 0 saturated heterocycles. The molecule has 0 spiro atoms. The second kappa shape index (κ2) is 4.85. The highest BCUT2D eigenvalue weighted by Gasteiger charge is 2.20. The van der Waals surface area contributed by atoms with Gasteiger partial charge < -0.3 is 10.5 Å². The number of rotatable bonds is 3. The molecule has 4 heteroatoms. The monoisotopic (exact) mass is 251 g/mol. The first-order valence-electron chi connectivity index (χ1n) is 5.27. The van der Waals surface area contributed by atoms with Gasteiger partial charge in [-0.1, -0.05) is 6.07 Å². The number of nitrogens with two attached hydrogens (primary N) is 1. The maximum Gasteiger partial charge on any atom is 0.132 e. The Morgan fingerprint density at radius 3 is 2.71 bits per heavy atom. The number of aryl methyl sites for hydroxylation is 1. The normalized spacial score (nSPS) is 12.5. The van der Waals surface area contributed by atoms with Crippen LogP contribution in [0.2, 0.25) is 0 Å². The quantitative estimate of drug-likeness (QED) is 0.908. The van der Waals surface area contributed by atoms with Crippen molar-refractivity contribution in [1.29, 1.82) is 0 Å². The standard InChI is InChI=1S/C13H14FNOS/c1-8-9(6-7-17-8)13(15)12-10(14)4-3-5-11(12)16-2/h3-7,13H,15H2,1-2H3. The lowest BCUT2D eigenvalue weighted by molar-refractivity contribution is 0.402. The average Bonchev–Trinajstić information content (AvgIpc) is 2.74. The smallest absolute Gasteiger partial charge is 0.132 e. The average molecular weight is 251 g/mol. The van der Waals surface area contributed by atoms with Gasteiger partial charge >= 0.3 is 0 Å². The predicted octanol–water partition coefficient (Wildman–Crippen LogP) is 3.25. The molecule has 1 aromatic carbocycles. The lowest BCUT2D eigenvalue weighted by Crippen LogP contribution is -2.15. The maximum absolute atomic E-state index is 13.9. The van der Waals surface area contributed by atoms with Gasteiger partial charge in [0.1, 0.15) is 11.6 Å². The van der Waals surface area contributed by atoms with Gasteiger partial charge in [-0.15, -0.1) is 11.3 Å². The van der Waals surface area contributed by atoms with Crippen LogP contribution in [0.5, 0.6) is 5.75 Å². The first-order chi connectivity index (χ1) is 8.15. The Morgan fingerprint density at radius 2 is 2.12 bits per heavy atom. The van der Waals surface area contributed by atoms with Gasteiger partial charge in [0.05, 0.1) is 18.7 Å². The molecule has 2 rings (SSSR count). The van der Waals surface area contributed by atoms with Crippen molar-refractivity contribution < 1.29 is 9.13 Å². The summed E-state index contributed by atoms with van der Waals surface area (Å²) in [6.07, 6.45) is 0. The first-order valence-corrected chi connectivity index (χ1v) is 6.15. The summed E-state index contributed by atoms with van der Waals surface area (Å²) in [6, 6.07) is 6.18. The molecule has 2 nitrogen and oxygen atoms in total. The summed E-state index contributed by atoms with van der Waals surface area (Å²) in [5.41, 5.74) is 7.48. The van der Waals surface area contributed by atoms with E-state index in [4.69, 9.17) is 10.5 Å². The van der Waals surface area contributed by atoms with Gasteiger partial charge in [-0.2, -0.15) is 0 Å². The number of hydrogen-bond acceptors (Lipinski definition) is 3. The summed E-state index contributed by atoms with van der Waals surface area (Å²) in [6.45, 7) is 1.98. The third kappa shape index (κ3) is 2.18. The summed E-state index contributed by atoms with van der Waals surface area (Å²) < 4.78 is 19.0. The molecule has 0 radical (unpaired) electrons. The van der Waals surface area contributed by atoms with Crippen molar-refractivity contribution in [2.24, 2.45) is 5.73 Å². The fourth-order valence-electron chi connectivity index (χ4n) is 1.87. The summed E-state index contributed by atoms with van der Waals surface area (Å²) in [7, 11) is 1.52. The molecule has 0 aliphatic rings. The topological polar surface area (TPSA) is 35.2 Å². The minimum absolute atomic E-state index is 0.331. The number of benzene rings is 1. The van der Waals surface area contributed by atoms with Crippen molar-refractivity contribution in [3.05, 3.63) is 51.5 Å². The summed E-state index contributed by atoms with van der Waals surface area (Å²) in [5, 5.41) is 1.96. The van der Waals surface area contributed by atoms with Crippen LogP contribution in [0.1, 0.15) is 22.0 Å². The molecule has 0 aliphatic heterocycles. The molecule has 1 aromatic heterocycles. The lowest BCUT2D eigenvalue weighted by atomic mass is 9.99. The fraction of sp³-hybridized carbons (Fsp3) is 0.231. The van der Waals surface area contributed by atoms with Crippen LogP contribution in [0.3, 0.4) is 0 Å². The third-order valence-electron chi connectivity index (χ3n) is 2.78. The van der Waals surface area contributed by atoms with Gasteiger partial charge in [0.2, 0.25) is 0 Å².